The van der Waals surface area contributed by atoms with E-state index in [1.54, 1.807) is 6.07 Å². The number of piperazine rings is 1. The molecular formula is C32H41Cl2N3O4. The van der Waals surface area contributed by atoms with Crippen molar-refractivity contribution in [2.75, 3.05) is 44.2 Å². The fourth-order valence-electron chi connectivity index (χ4n) is 5.34. The normalized spacial score (nSPS) is 15.2. The Labute approximate surface area is 252 Å². The van der Waals surface area contributed by atoms with E-state index >= 15 is 0 Å². The van der Waals surface area contributed by atoms with Crippen LogP contribution in [0.15, 0.2) is 53.3 Å². The highest BCUT2D eigenvalue weighted by Gasteiger charge is 2.23. The lowest BCUT2D eigenvalue weighted by molar-refractivity contribution is -0.152. The minimum Gasteiger partial charge on any atom is -0.494 e. The molecule has 1 unspecified atom stereocenters. The lowest BCUT2D eigenvalue weighted by Crippen LogP contribution is -2.46. The monoisotopic (exact) mass is 601 g/mol. The van der Waals surface area contributed by atoms with Gasteiger partial charge in [-0.15, -0.1) is 0 Å². The number of unbranched alkanes of at least 4 members (excludes halogenated alkanes) is 1. The lowest BCUT2D eigenvalue weighted by Gasteiger charge is -2.36. The fraction of sp³-hybridized carbons (Fsp3) is 0.500. The molecule has 4 rings (SSSR count). The number of carbonyl (C=O) groups excluding carboxylic acids is 1. The van der Waals surface area contributed by atoms with Gasteiger partial charge in [-0.1, -0.05) is 57.0 Å². The third kappa shape index (κ3) is 8.63. The summed E-state index contributed by atoms with van der Waals surface area (Å²) < 4.78 is 13.1. The van der Waals surface area contributed by atoms with E-state index < -0.39 is 0 Å². The van der Waals surface area contributed by atoms with Crippen molar-refractivity contribution in [3.05, 3.63) is 68.9 Å². The van der Waals surface area contributed by atoms with Crippen LogP contribution in [0.25, 0.3) is 10.9 Å². The van der Waals surface area contributed by atoms with Crippen LogP contribution in [0.2, 0.25) is 10.0 Å². The summed E-state index contributed by atoms with van der Waals surface area (Å²) >= 11 is 12.6. The van der Waals surface area contributed by atoms with E-state index in [-0.39, 0.29) is 29.6 Å². The zero-order chi connectivity index (χ0) is 29.6. The molecule has 0 bridgehead atoms. The van der Waals surface area contributed by atoms with Gasteiger partial charge >= 0.3 is 5.97 Å². The van der Waals surface area contributed by atoms with Gasteiger partial charge in [0.05, 0.1) is 33.8 Å². The highest BCUT2D eigenvalue weighted by molar-refractivity contribution is 6.43. The minimum absolute atomic E-state index is 0.0162. The summed E-state index contributed by atoms with van der Waals surface area (Å²) in [5.41, 5.74) is 1.48. The topological polar surface area (TPSA) is 64.0 Å². The maximum Gasteiger partial charge on any atom is 0.310 e. The molecule has 1 saturated heterocycles. The van der Waals surface area contributed by atoms with Gasteiger partial charge in [-0.05, 0) is 66.9 Å². The molecule has 0 amide bonds. The average Bonchev–Trinajstić information content (AvgIpc) is 2.93. The Morgan fingerprint density at radius 2 is 1.73 bits per heavy atom. The Morgan fingerprint density at radius 3 is 2.46 bits per heavy atom. The number of esters is 1. The van der Waals surface area contributed by atoms with Crippen molar-refractivity contribution in [2.24, 2.45) is 11.3 Å². The quantitative estimate of drug-likeness (QED) is 0.177. The number of halogens is 2. The second kappa shape index (κ2) is 14.0. The number of pyridine rings is 1. The molecule has 0 radical (unpaired) electrons. The summed E-state index contributed by atoms with van der Waals surface area (Å²) in [7, 11) is 0. The molecule has 7 nitrogen and oxygen atoms in total. The van der Waals surface area contributed by atoms with Crippen LogP contribution in [0.4, 0.5) is 5.69 Å². The van der Waals surface area contributed by atoms with Gasteiger partial charge in [0, 0.05) is 38.3 Å². The fourth-order valence-corrected chi connectivity index (χ4v) is 5.75. The van der Waals surface area contributed by atoms with E-state index in [9.17, 15) is 9.59 Å². The van der Waals surface area contributed by atoms with E-state index in [1.165, 1.54) is 10.6 Å². The summed E-state index contributed by atoms with van der Waals surface area (Å²) in [6.45, 7) is 13.4. The van der Waals surface area contributed by atoms with Crippen LogP contribution < -0.4 is 15.2 Å². The third-order valence-corrected chi connectivity index (χ3v) is 8.21. The maximum absolute atomic E-state index is 12.6. The van der Waals surface area contributed by atoms with E-state index in [2.05, 4.69) is 30.6 Å². The second-order valence-electron chi connectivity index (χ2n) is 12.0. The van der Waals surface area contributed by atoms with Crippen molar-refractivity contribution < 1.29 is 14.3 Å². The van der Waals surface area contributed by atoms with Gasteiger partial charge < -0.3 is 14.4 Å². The van der Waals surface area contributed by atoms with Crippen LogP contribution in [0.1, 0.15) is 47.0 Å². The van der Waals surface area contributed by atoms with Crippen molar-refractivity contribution in [1.82, 2.24) is 9.47 Å². The van der Waals surface area contributed by atoms with E-state index in [1.807, 2.05) is 43.3 Å². The summed E-state index contributed by atoms with van der Waals surface area (Å²) in [4.78, 5) is 30.0. The van der Waals surface area contributed by atoms with Crippen LogP contribution in [-0.2, 0) is 16.3 Å². The van der Waals surface area contributed by atoms with Gasteiger partial charge in [-0.3, -0.25) is 19.1 Å². The summed E-state index contributed by atoms with van der Waals surface area (Å²) in [6.07, 6.45) is 2.66. The van der Waals surface area contributed by atoms with E-state index in [0.717, 1.165) is 56.6 Å². The molecule has 1 atom stereocenters. The maximum atomic E-state index is 12.6. The summed E-state index contributed by atoms with van der Waals surface area (Å²) in [5, 5.41) is 2.09. The molecule has 0 spiro atoms. The van der Waals surface area contributed by atoms with Gasteiger partial charge in [0.2, 0.25) is 0 Å². The molecule has 1 aliphatic rings. The summed E-state index contributed by atoms with van der Waals surface area (Å²) in [5.74, 6) is 0.145. The molecule has 0 N–H and O–H groups in total. The number of aromatic nitrogens is 1. The number of benzene rings is 2. The zero-order valence-electron chi connectivity index (χ0n) is 24.5. The smallest absolute Gasteiger partial charge is 0.310 e. The Hall–Kier alpha value is -2.74. The molecule has 0 aliphatic carbocycles. The first-order valence-corrected chi connectivity index (χ1v) is 15.1. The zero-order valence-corrected chi connectivity index (χ0v) is 26.0. The number of fused-ring (bicyclic) bond motifs is 1. The highest BCUT2D eigenvalue weighted by atomic mass is 35.5. The number of hydrogen-bond acceptors (Lipinski definition) is 6. The van der Waals surface area contributed by atoms with Crippen LogP contribution in [0, 0.1) is 11.3 Å². The van der Waals surface area contributed by atoms with Crippen LogP contribution >= 0.6 is 23.2 Å². The molecule has 222 valence electrons. The van der Waals surface area contributed by atoms with Gasteiger partial charge in [-0.25, -0.2) is 0 Å². The van der Waals surface area contributed by atoms with Crippen molar-refractivity contribution in [3.8, 4) is 5.75 Å². The Kier molecular flexibility index (Phi) is 10.6. The molecule has 2 heterocycles. The molecule has 1 fully saturated rings. The first-order valence-electron chi connectivity index (χ1n) is 14.4. The predicted octanol–water partition coefficient (Wildman–Crippen LogP) is 6.86. The molecule has 1 aromatic heterocycles. The number of nitrogens with zero attached hydrogens (tertiary/aromatic N) is 3. The Balaban J connectivity index is 1.25. The van der Waals surface area contributed by atoms with Gasteiger partial charge in [0.1, 0.15) is 5.75 Å². The molecule has 3 aromatic rings. The molecule has 9 heteroatoms. The lowest BCUT2D eigenvalue weighted by atomic mass is 9.85. The van der Waals surface area contributed by atoms with Gasteiger partial charge in [0.25, 0.3) is 5.56 Å². The van der Waals surface area contributed by atoms with Crippen molar-refractivity contribution in [3.63, 3.8) is 0 Å². The number of rotatable bonds is 11. The van der Waals surface area contributed by atoms with Crippen LogP contribution in [-0.4, -0.2) is 54.8 Å². The first-order chi connectivity index (χ1) is 19.5. The van der Waals surface area contributed by atoms with E-state index in [0.29, 0.717) is 34.3 Å². The average molecular weight is 603 g/mol. The Morgan fingerprint density at radius 1 is 1.00 bits per heavy atom. The molecule has 1 aliphatic heterocycles. The molecular weight excluding hydrogens is 561 g/mol. The number of carbonyl (C=O) groups is 1. The van der Waals surface area contributed by atoms with Crippen LogP contribution in [0.3, 0.4) is 0 Å². The SMILES string of the molecule is CC(CC(C)(C)C)C(=O)OCn1c(=O)ccc2ccc(OCCCCN3CCN(c4cccc(Cl)c4Cl)CC3)cc21. The van der Waals surface area contributed by atoms with Crippen molar-refractivity contribution >= 4 is 45.8 Å². The van der Waals surface area contributed by atoms with Crippen LogP contribution in [0.5, 0.6) is 5.75 Å². The molecule has 0 saturated carbocycles. The molecule has 2 aromatic carbocycles. The number of anilines is 1. The van der Waals surface area contributed by atoms with Gasteiger partial charge in [-0.2, -0.15) is 0 Å². The van der Waals surface area contributed by atoms with Gasteiger partial charge in [0.15, 0.2) is 6.73 Å². The second-order valence-corrected chi connectivity index (χ2v) is 12.8. The minimum atomic E-state index is -0.300. The standard InChI is InChI=1S/C32H41Cl2N3O4/c1-23(21-32(2,3)4)31(39)41-22-37-28-20-25(12-10-24(28)11-13-29(37)38)40-19-6-5-14-35-15-17-36(18-16-35)27-9-7-8-26(33)30(27)34/h7-13,20,23H,5-6,14-19,21-22H2,1-4H3. The first kappa shape index (κ1) is 31.2. The van der Waals surface area contributed by atoms with Crippen molar-refractivity contribution in [1.29, 1.82) is 0 Å². The third-order valence-electron chi connectivity index (χ3n) is 7.40. The Bertz CT molecular complexity index is 1390. The number of hydrogen-bond donors (Lipinski definition) is 0. The predicted molar refractivity (Wildman–Crippen MR) is 167 cm³/mol. The molecule has 41 heavy (non-hydrogen) atoms. The number of ether oxygens (including phenoxy) is 2. The largest absolute Gasteiger partial charge is 0.494 e. The highest BCUT2D eigenvalue weighted by Crippen LogP contribution is 2.33. The van der Waals surface area contributed by atoms with Crippen molar-refractivity contribution in [2.45, 2.75) is 53.7 Å². The summed E-state index contributed by atoms with van der Waals surface area (Å²) in [6, 6.07) is 14.7. The van der Waals surface area contributed by atoms with E-state index in [4.69, 9.17) is 32.7 Å².